The fraction of sp³-hybridized carbons (Fsp3) is 0.190. The third-order valence-corrected chi connectivity index (χ3v) is 6.14. The van der Waals surface area contributed by atoms with Crippen LogP contribution in [0, 0.1) is 26.2 Å². The molecule has 11 heteroatoms. The molecule has 4 rings (SSSR count). The van der Waals surface area contributed by atoms with Crippen LogP contribution in [0.25, 0.3) is 0 Å². The lowest BCUT2D eigenvalue weighted by molar-refractivity contribution is -0.384. The minimum absolute atomic E-state index is 0.0168. The van der Waals surface area contributed by atoms with Gasteiger partial charge in [-0.1, -0.05) is 35.3 Å². The van der Waals surface area contributed by atoms with Gasteiger partial charge in [-0.05, 0) is 42.2 Å². The Morgan fingerprint density at radius 2 is 1.38 bits per heavy atom. The van der Waals surface area contributed by atoms with Gasteiger partial charge in [-0.25, -0.2) is 4.98 Å². The van der Waals surface area contributed by atoms with Crippen molar-refractivity contribution in [2.75, 3.05) is 4.90 Å². The molecule has 0 radical (unpaired) electrons. The van der Waals surface area contributed by atoms with Crippen LogP contribution in [0.2, 0.25) is 10.0 Å². The van der Waals surface area contributed by atoms with Gasteiger partial charge < -0.3 is 4.90 Å². The number of rotatable bonds is 5. The van der Waals surface area contributed by atoms with E-state index in [9.17, 15) is 24.6 Å². The van der Waals surface area contributed by atoms with Gasteiger partial charge >= 0.3 is 0 Å². The molecule has 2 heterocycles. The summed E-state index contributed by atoms with van der Waals surface area (Å²) >= 11 is 11.9. The van der Waals surface area contributed by atoms with Gasteiger partial charge in [-0.2, -0.15) is 4.39 Å². The maximum Gasteiger partial charge on any atom is 0.288 e. The number of nitrogens with zero attached hydrogens (tertiary/aromatic N) is 4. The highest BCUT2D eigenvalue weighted by molar-refractivity contribution is 6.33. The Hall–Kier alpha value is -3.30. The van der Waals surface area contributed by atoms with Crippen LogP contribution in [0.5, 0.6) is 0 Å². The average Bonchev–Trinajstić information content (AvgIpc) is 3.19. The minimum Gasteiger partial charge on any atom is -0.357 e. The smallest absolute Gasteiger partial charge is 0.288 e. The van der Waals surface area contributed by atoms with Crippen molar-refractivity contribution >= 4 is 40.3 Å². The Labute approximate surface area is 191 Å². The van der Waals surface area contributed by atoms with E-state index < -0.39 is 15.8 Å². The summed E-state index contributed by atoms with van der Waals surface area (Å²) in [6, 6.07) is 11.3. The van der Waals surface area contributed by atoms with Crippen LogP contribution in [-0.2, 0) is 0 Å². The van der Waals surface area contributed by atoms with Crippen molar-refractivity contribution in [1.82, 2.24) is 4.98 Å². The number of anilines is 1. The number of nitro groups is 2. The molecule has 1 aromatic heterocycles. The quantitative estimate of drug-likeness (QED) is 0.239. The molecule has 0 bridgehead atoms. The van der Waals surface area contributed by atoms with E-state index in [1.165, 1.54) is 36.5 Å². The van der Waals surface area contributed by atoms with Crippen LogP contribution in [0.15, 0.2) is 54.7 Å². The highest BCUT2D eigenvalue weighted by atomic mass is 35.5. The molecule has 164 valence electrons. The first kappa shape index (κ1) is 21.9. The van der Waals surface area contributed by atoms with Crippen LogP contribution >= 0.6 is 23.2 Å². The molecule has 1 fully saturated rings. The molecule has 1 aliphatic rings. The Kier molecular flexibility index (Phi) is 5.94. The van der Waals surface area contributed by atoms with E-state index in [1.54, 1.807) is 18.2 Å². The summed E-state index contributed by atoms with van der Waals surface area (Å²) in [5, 5.41) is 22.8. The van der Waals surface area contributed by atoms with Crippen molar-refractivity contribution in [2.24, 2.45) is 0 Å². The topological polar surface area (TPSA) is 102 Å². The molecule has 2 atom stereocenters. The zero-order chi connectivity index (χ0) is 23.0. The number of hydrogen-bond acceptors (Lipinski definition) is 6. The van der Waals surface area contributed by atoms with Gasteiger partial charge in [0.25, 0.3) is 11.4 Å². The summed E-state index contributed by atoms with van der Waals surface area (Å²) in [7, 11) is 0. The van der Waals surface area contributed by atoms with E-state index in [4.69, 9.17) is 23.2 Å². The molecular formula is C21H15Cl2FN4O4. The van der Waals surface area contributed by atoms with Gasteiger partial charge in [-0.3, -0.25) is 20.2 Å². The van der Waals surface area contributed by atoms with Crippen molar-refractivity contribution in [1.29, 1.82) is 0 Å². The molecule has 1 saturated heterocycles. The van der Waals surface area contributed by atoms with E-state index in [-0.39, 0.29) is 33.5 Å². The highest BCUT2D eigenvalue weighted by Gasteiger charge is 2.37. The average molecular weight is 477 g/mol. The Balaban J connectivity index is 1.83. The molecule has 0 amide bonds. The largest absolute Gasteiger partial charge is 0.357 e. The number of nitro benzene ring substituents is 2. The summed E-state index contributed by atoms with van der Waals surface area (Å²) in [5.74, 6) is -0.684. The molecule has 2 unspecified atom stereocenters. The molecule has 0 spiro atoms. The number of hydrogen-bond donors (Lipinski definition) is 0. The number of aromatic nitrogens is 1. The maximum absolute atomic E-state index is 14.0. The monoisotopic (exact) mass is 476 g/mol. The molecule has 1 aliphatic heterocycles. The summed E-state index contributed by atoms with van der Waals surface area (Å²) in [4.78, 5) is 27.1. The summed E-state index contributed by atoms with van der Waals surface area (Å²) in [5.41, 5.74) is 1.31. The lowest BCUT2D eigenvalue weighted by atomic mass is 10.0. The Bertz CT molecular complexity index is 1150. The first-order valence-electron chi connectivity index (χ1n) is 9.54. The van der Waals surface area contributed by atoms with E-state index in [2.05, 4.69) is 4.98 Å². The van der Waals surface area contributed by atoms with E-state index >= 15 is 0 Å². The van der Waals surface area contributed by atoms with Crippen molar-refractivity contribution in [3.8, 4) is 0 Å². The molecule has 8 nitrogen and oxygen atoms in total. The molecule has 32 heavy (non-hydrogen) atoms. The molecule has 3 aromatic rings. The van der Waals surface area contributed by atoms with Crippen LogP contribution in [0.4, 0.5) is 21.5 Å². The zero-order valence-electron chi connectivity index (χ0n) is 16.3. The van der Waals surface area contributed by atoms with Crippen molar-refractivity contribution in [3.63, 3.8) is 0 Å². The van der Waals surface area contributed by atoms with Crippen LogP contribution < -0.4 is 4.90 Å². The standard InChI is InChI=1S/C21H15Cl2FN4O4/c22-15-3-1-12(9-19(15)27(29)30)17-5-6-18(26(17)14-7-8-25-21(24)11-14)13-2-4-16(23)20(10-13)28(31)32/h1-4,7-11,17-18H,5-6H2. The van der Waals surface area contributed by atoms with Gasteiger partial charge in [0.05, 0.1) is 21.9 Å². The first-order chi connectivity index (χ1) is 15.3. The normalized spacial score (nSPS) is 18.0. The maximum atomic E-state index is 14.0. The number of halogens is 3. The van der Waals surface area contributed by atoms with Gasteiger partial charge in [0.1, 0.15) is 10.0 Å². The van der Waals surface area contributed by atoms with Gasteiger partial charge in [0.2, 0.25) is 5.95 Å². The zero-order valence-corrected chi connectivity index (χ0v) is 17.8. The fourth-order valence-corrected chi connectivity index (χ4v) is 4.51. The van der Waals surface area contributed by atoms with Crippen molar-refractivity contribution < 1.29 is 14.2 Å². The van der Waals surface area contributed by atoms with Crippen LogP contribution in [0.3, 0.4) is 0 Å². The van der Waals surface area contributed by atoms with Crippen LogP contribution in [-0.4, -0.2) is 14.8 Å². The molecule has 0 aliphatic carbocycles. The number of benzene rings is 2. The van der Waals surface area contributed by atoms with Gasteiger partial charge in [0, 0.05) is 30.1 Å². The second kappa shape index (κ2) is 8.68. The van der Waals surface area contributed by atoms with E-state index in [1.807, 2.05) is 4.90 Å². The Morgan fingerprint density at radius 3 is 1.81 bits per heavy atom. The second-order valence-corrected chi connectivity index (χ2v) is 8.10. The summed E-state index contributed by atoms with van der Waals surface area (Å²) < 4.78 is 14.0. The lowest BCUT2D eigenvalue weighted by Crippen LogP contribution is -2.26. The lowest BCUT2D eigenvalue weighted by Gasteiger charge is -2.33. The third kappa shape index (κ3) is 4.09. The van der Waals surface area contributed by atoms with Gasteiger partial charge in [-0.15, -0.1) is 0 Å². The molecular weight excluding hydrogens is 462 g/mol. The third-order valence-electron chi connectivity index (χ3n) is 5.50. The Morgan fingerprint density at radius 1 is 0.875 bits per heavy atom. The van der Waals surface area contributed by atoms with E-state index in [0.717, 1.165) is 0 Å². The van der Waals surface area contributed by atoms with E-state index in [0.29, 0.717) is 29.7 Å². The minimum atomic E-state index is -0.684. The summed E-state index contributed by atoms with van der Waals surface area (Å²) in [6.45, 7) is 0. The van der Waals surface area contributed by atoms with Crippen LogP contribution in [0.1, 0.15) is 36.1 Å². The fourth-order valence-electron chi connectivity index (χ4n) is 4.13. The predicted octanol–water partition coefficient (Wildman–Crippen LogP) is 6.43. The molecule has 2 aromatic carbocycles. The SMILES string of the molecule is O=[N+]([O-])c1cc(C2CCC(c3ccc(Cl)c([N+](=O)[O-])c3)N2c2ccnc(F)c2)ccc1Cl. The molecule has 0 N–H and O–H groups in total. The first-order valence-corrected chi connectivity index (χ1v) is 10.3. The van der Waals surface area contributed by atoms with Crippen molar-refractivity contribution in [3.05, 3.63) is 102 Å². The predicted molar refractivity (Wildman–Crippen MR) is 118 cm³/mol. The van der Waals surface area contributed by atoms with Crippen molar-refractivity contribution in [2.45, 2.75) is 24.9 Å². The summed E-state index contributed by atoms with van der Waals surface area (Å²) in [6.07, 6.45) is 2.47. The number of pyridine rings is 1. The highest BCUT2D eigenvalue weighted by Crippen LogP contribution is 2.48. The van der Waals surface area contributed by atoms with Gasteiger partial charge in [0.15, 0.2) is 0 Å². The second-order valence-electron chi connectivity index (χ2n) is 7.29. The molecule has 0 saturated carbocycles.